The second-order valence-electron chi connectivity index (χ2n) is 5.83. The Morgan fingerprint density at radius 1 is 1.22 bits per heavy atom. The Hall–Kier alpha value is -2.31. The van der Waals surface area contributed by atoms with E-state index in [0.29, 0.717) is 6.10 Å². The monoisotopic (exact) mass is 309 g/mol. The molecule has 1 aliphatic heterocycles. The van der Waals surface area contributed by atoms with Crippen LogP contribution in [0.15, 0.2) is 42.6 Å². The maximum Gasteiger partial charge on any atom is 0.183 e. The molecule has 0 radical (unpaired) electrons. The van der Waals surface area contributed by atoms with Crippen molar-refractivity contribution in [1.29, 1.82) is 0 Å². The zero-order valence-electron chi connectivity index (χ0n) is 12.9. The van der Waals surface area contributed by atoms with Crippen LogP contribution in [0.2, 0.25) is 0 Å². The lowest BCUT2D eigenvalue weighted by atomic mass is 10.1. The highest BCUT2D eigenvalue weighted by Crippen LogP contribution is 2.22. The van der Waals surface area contributed by atoms with Crippen LogP contribution in [0, 0.1) is 0 Å². The molecule has 0 amide bonds. The van der Waals surface area contributed by atoms with Crippen molar-refractivity contribution in [3.8, 4) is 11.1 Å². The number of aromatic nitrogens is 4. The minimum Gasteiger partial charge on any atom is -0.377 e. The molecule has 0 spiro atoms. The van der Waals surface area contributed by atoms with E-state index < -0.39 is 0 Å². The smallest absolute Gasteiger partial charge is 0.183 e. The Kier molecular flexibility index (Phi) is 4.00. The van der Waals surface area contributed by atoms with Gasteiger partial charge in [0.15, 0.2) is 5.65 Å². The maximum atomic E-state index is 5.65. The number of fused-ring (bicyclic) bond motifs is 1. The summed E-state index contributed by atoms with van der Waals surface area (Å²) in [6, 6.07) is 12.4. The Labute approximate surface area is 134 Å². The number of pyridine rings is 1. The van der Waals surface area contributed by atoms with Crippen LogP contribution in [0.5, 0.6) is 0 Å². The van der Waals surface area contributed by atoms with Crippen LogP contribution < -0.4 is 5.32 Å². The van der Waals surface area contributed by atoms with E-state index in [1.54, 1.807) is 4.52 Å². The van der Waals surface area contributed by atoms with Gasteiger partial charge in [0.05, 0.1) is 6.10 Å². The summed E-state index contributed by atoms with van der Waals surface area (Å²) in [5.74, 6) is 0. The summed E-state index contributed by atoms with van der Waals surface area (Å²) in [4.78, 5) is 0. The molecule has 118 valence electrons. The second kappa shape index (κ2) is 6.44. The van der Waals surface area contributed by atoms with Gasteiger partial charge in [-0.2, -0.15) is 4.52 Å². The minimum absolute atomic E-state index is 0.333. The lowest BCUT2D eigenvalue weighted by Gasteiger charge is -2.12. The number of nitrogens with zero attached hydrogens (tertiary/aromatic N) is 4. The Morgan fingerprint density at radius 3 is 2.96 bits per heavy atom. The normalized spacial score (nSPS) is 17.8. The SMILES string of the molecule is c1ccc(-c2cc(CNC[C@@H]3CCCO3)c3nnnn3c2)cc1. The lowest BCUT2D eigenvalue weighted by Crippen LogP contribution is -2.26. The molecule has 6 heteroatoms. The molecule has 1 aromatic carbocycles. The van der Waals surface area contributed by atoms with Crippen LogP contribution in [-0.4, -0.2) is 39.3 Å². The van der Waals surface area contributed by atoms with Crippen LogP contribution in [0.3, 0.4) is 0 Å². The fourth-order valence-electron chi connectivity index (χ4n) is 3.00. The Morgan fingerprint density at radius 2 is 2.13 bits per heavy atom. The average molecular weight is 309 g/mol. The Bertz CT molecular complexity index is 780. The molecule has 4 rings (SSSR count). The van der Waals surface area contributed by atoms with E-state index in [4.69, 9.17) is 4.74 Å². The molecule has 0 aliphatic carbocycles. The summed E-state index contributed by atoms with van der Waals surface area (Å²) < 4.78 is 7.39. The molecular weight excluding hydrogens is 290 g/mol. The number of hydrogen-bond acceptors (Lipinski definition) is 5. The molecule has 3 heterocycles. The highest BCUT2D eigenvalue weighted by Gasteiger charge is 2.15. The topological polar surface area (TPSA) is 64.3 Å². The molecule has 1 atom stereocenters. The van der Waals surface area contributed by atoms with Crippen LogP contribution in [-0.2, 0) is 11.3 Å². The predicted octanol–water partition coefficient (Wildman–Crippen LogP) is 2.06. The van der Waals surface area contributed by atoms with Gasteiger partial charge in [-0.25, -0.2) is 0 Å². The number of benzene rings is 1. The molecule has 1 aliphatic rings. The van der Waals surface area contributed by atoms with E-state index in [1.165, 1.54) is 0 Å². The quantitative estimate of drug-likeness (QED) is 0.781. The first-order valence-corrected chi connectivity index (χ1v) is 7.98. The summed E-state index contributed by atoms with van der Waals surface area (Å²) in [6.07, 6.45) is 4.60. The van der Waals surface area contributed by atoms with Crippen molar-refractivity contribution >= 4 is 5.65 Å². The van der Waals surface area contributed by atoms with Crippen LogP contribution in [0.4, 0.5) is 0 Å². The third-order valence-electron chi connectivity index (χ3n) is 4.19. The number of rotatable bonds is 5. The Balaban J connectivity index is 1.58. The number of ether oxygens (including phenoxy) is 1. The van der Waals surface area contributed by atoms with Gasteiger partial charge in [-0.05, 0) is 34.9 Å². The van der Waals surface area contributed by atoms with Crippen molar-refractivity contribution in [2.75, 3.05) is 13.2 Å². The summed E-state index contributed by atoms with van der Waals surface area (Å²) in [6.45, 7) is 2.47. The molecule has 2 aromatic heterocycles. The molecule has 3 aromatic rings. The van der Waals surface area contributed by atoms with Gasteiger partial charge in [0.1, 0.15) is 0 Å². The van der Waals surface area contributed by atoms with E-state index >= 15 is 0 Å². The van der Waals surface area contributed by atoms with Crippen LogP contribution in [0.1, 0.15) is 18.4 Å². The van der Waals surface area contributed by atoms with Gasteiger partial charge in [0.25, 0.3) is 0 Å². The van der Waals surface area contributed by atoms with Crippen molar-refractivity contribution in [1.82, 2.24) is 25.4 Å². The van der Waals surface area contributed by atoms with Gasteiger partial charge in [-0.1, -0.05) is 30.3 Å². The molecule has 0 bridgehead atoms. The van der Waals surface area contributed by atoms with Gasteiger partial charge in [0, 0.05) is 37.0 Å². The number of nitrogens with one attached hydrogen (secondary N) is 1. The first kappa shape index (κ1) is 14.3. The molecule has 1 N–H and O–H groups in total. The first-order valence-electron chi connectivity index (χ1n) is 7.98. The van der Waals surface area contributed by atoms with Gasteiger partial charge < -0.3 is 10.1 Å². The van der Waals surface area contributed by atoms with E-state index in [-0.39, 0.29) is 0 Å². The molecular formula is C17H19N5O. The highest BCUT2D eigenvalue weighted by molar-refractivity contribution is 5.66. The molecule has 0 saturated carbocycles. The highest BCUT2D eigenvalue weighted by atomic mass is 16.5. The fourth-order valence-corrected chi connectivity index (χ4v) is 3.00. The minimum atomic E-state index is 0.333. The lowest BCUT2D eigenvalue weighted by molar-refractivity contribution is 0.110. The zero-order chi connectivity index (χ0) is 15.5. The van der Waals surface area contributed by atoms with Gasteiger partial charge in [-0.3, -0.25) is 0 Å². The summed E-state index contributed by atoms with van der Waals surface area (Å²) in [7, 11) is 0. The van der Waals surface area contributed by atoms with Gasteiger partial charge >= 0.3 is 0 Å². The average Bonchev–Trinajstić information content (AvgIpc) is 3.26. The summed E-state index contributed by atoms with van der Waals surface area (Å²) >= 11 is 0. The van der Waals surface area contributed by atoms with Crippen LogP contribution >= 0.6 is 0 Å². The van der Waals surface area contributed by atoms with Crippen LogP contribution in [0.25, 0.3) is 16.8 Å². The summed E-state index contributed by atoms with van der Waals surface area (Å²) in [5.41, 5.74) is 4.16. The third kappa shape index (κ3) is 3.09. The molecule has 1 fully saturated rings. The van der Waals surface area contributed by atoms with Crippen molar-refractivity contribution < 1.29 is 4.74 Å². The standard InChI is InChI=1S/C17H19N5O/c1-2-5-13(6-3-1)15-9-14(17-19-20-21-22(17)12-15)10-18-11-16-7-4-8-23-16/h1-3,5-6,9,12,16,18H,4,7-8,10-11H2/t16-/m0/s1. The largest absolute Gasteiger partial charge is 0.377 e. The number of hydrogen-bond donors (Lipinski definition) is 1. The van der Waals surface area contributed by atoms with Gasteiger partial charge in [-0.15, -0.1) is 5.10 Å². The zero-order valence-corrected chi connectivity index (χ0v) is 12.9. The van der Waals surface area contributed by atoms with E-state index in [1.807, 2.05) is 24.4 Å². The molecule has 1 saturated heterocycles. The second-order valence-corrected chi connectivity index (χ2v) is 5.83. The molecule has 6 nitrogen and oxygen atoms in total. The summed E-state index contributed by atoms with van der Waals surface area (Å²) in [5, 5.41) is 15.5. The van der Waals surface area contributed by atoms with E-state index in [9.17, 15) is 0 Å². The number of tetrazole rings is 1. The maximum absolute atomic E-state index is 5.65. The van der Waals surface area contributed by atoms with Gasteiger partial charge in [0.2, 0.25) is 0 Å². The van der Waals surface area contributed by atoms with E-state index in [0.717, 1.165) is 54.9 Å². The van der Waals surface area contributed by atoms with Crippen molar-refractivity contribution in [2.24, 2.45) is 0 Å². The van der Waals surface area contributed by atoms with E-state index in [2.05, 4.69) is 39.0 Å². The third-order valence-corrected chi connectivity index (χ3v) is 4.19. The van der Waals surface area contributed by atoms with Crippen molar-refractivity contribution in [3.63, 3.8) is 0 Å². The predicted molar refractivity (Wildman–Crippen MR) is 86.9 cm³/mol. The molecule has 23 heavy (non-hydrogen) atoms. The van der Waals surface area contributed by atoms with Crippen molar-refractivity contribution in [3.05, 3.63) is 48.2 Å². The molecule has 0 unspecified atom stereocenters. The first-order chi connectivity index (χ1) is 11.4. The fraction of sp³-hybridized carbons (Fsp3) is 0.353. The van der Waals surface area contributed by atoms with Crippen molar-refractivity contribution in [2.45, 2.75) is 25.5 Å².